The van der Waals surface area contributed by atoms with E-state index in [9.17, 15) is 19.2 Å². The Hall–Kier alpha value is -17.1. The highest BCUT2D eigenvalue weighted by Gasteiger charge is 2.44. The molecular formula is C118H122N14O18. The number of hydrogen-bond donors (Lipinski definition) is 12. The molecule has 3 aliphatic rings. The van der Waals surface area contributed by atoms with Crippen molar-refractivity contribution in [2.45, 2.75) is 190 Å². The maximum Gasteiger partial charge on any atom is 0.407 e. The molecule has 0 aliphatic carbocycles. The van der Waals surface area contributed by atoms with Gasteiger partial charge in [0.1, 0.15) is 86.8 Å². The van der Waals surface area contributed by atoms with Gasteiger partial charge in [-0.1, -0.05) is 291 Å². The van der Waals surface area contributed by atoms with Crippen molar-refractivity contribution in [1.29, 1.82) is 0 Å². The summed E-state index contributed by atoms with van der Waals surface area (Å²) >= 11 is 0. The van der Waals surface area contributed by atoms with Crippen LogP contribution in [0.2, 0.25) is 0 Å². The maximum atomic E-state index is 16.3. The van der Waals surface area contributed by atoms with Crippen molar-refractivity contribution >= 4 is 148 Å². The van der Waals surface area contributed by atoms with Gasteiger partial charge < -0.3 is 92.5 Å². The van der Waals surface area contributed by atoms with E-state index >= 15 is 47.9 Å². The number of carbonyl (C=O) groups is 14. The predicted molar refractivity (Wildman–Crippen MR) is 568 cm³/mol. The lowest BCUT2D eigenvalue weighted by molar-refractivity contribution is -0.143. The van der Waals surface area contributed by atoms with Crippen LogP contribution in [0.15, 0.2) is 291 Å². The molecule has 17 rings (SSSR count). The number of alkyl carbamates (subject to hydrolysis) is 4. The summed E-state index contributed by atoms with van der Waals surface area (Å²) in [5.74, 6) is -8.50. The fraction of sp³-hybridized carbons (Fsp3) is 0.305. The number of amides is 14. The van der Waals surface area contributed by atoms with Gasteiger partial charge in [-0.05, 0) is 186 Å². The molecule has 0 unspecified atom stereocenters. The van der Waals surface area contributed by atoms with Crippen molar-refractivity contribution in [2.24, 2.45) is 0 Å². The van der Waals surface area contributed by atoms with Crippen LogP contribution in [0.3, 0.4) is 0 Å². The van der Waals surface area contributed by atoms with Gasteiger partial charge in [0, 0.05) is 65.0 Å². The van der Waals surface area contributed by atoms with E-state index in [1.54, 1.807) is 158 Å². The molecule has 12 N–H and O–H groups in total. The smallest absolute Gasteiger partial charge is 0.407 e. The van der Waals surface area contributed by atoms with Gasteiger partial charge in [0.15, 0.2) is 0 Å². The number of carbonyl (C=O) groups excluding carboxylic acids is 14. The highest BCUT2D eigenvalue weighted by Crippen LogP contribution is 2.38. The van der Waals surface area contributed by atoms with E-state index in [0.717, 1.165) is 75.8 Å². The van der Waals surface area contributed by atoms with Gasteiger partial charge in [0.25, 0.3) is 0 Å². The Balaban J connectivity index is 0.748. The quantitative estimate of drug-likeness (QED) is 0.0106. The van der Waals surface area contributed by atoms with Crippen LogP contribution in [-0.4, -0.2) is 193 Å². The molecule has 150 heavy (non-hydrogen) atoms. The van der Waals surface area contributed by atoms with E-state index in [4.69, 9.17) is 18.9 Å². The van der Waals surface area contributed by atoms with Crippen molar-refractivity contribution in [1.82, 2.24) is 73.6 Å². The summed E-state index contributed by atoms with van der Waals surface area (Å²) in [5, 5.41) is 45.8. The van der Waals surface area contributed by atoms with Crippen molar-refractivity contribution in [3.63, 3.8) is 0 Å². The number of benzene rings is 14. The van der Waals surface area contributed by atoms with Crippen molar-refractivity contribution < 1.29 is 86.1 Å². The number of hydrogen-bond acceptors (Lipinski definition) is 18. The summed E-state index contributed by atoms with van der Waals surface area (Å²) in [6.45, 7) is -0.752. The zero-order valence-electron chi connectivity index (χ0n) is 83.1. The number of nitrogens with one attached hydrogen (secondary N) is 12. The zero-order valence-corrected chi connectivity index (χ0v) is 83.1. The van der Waals surface area contributed by atoms with E-state index < -0.39 is 144 Å². The maximum absolute atomic E-state index is 16.3. The molecule has 0 bridgehead atoms. The van der Waals surface area contributed by atoms with Crippen molar-refractivity contribution in [2.75, 3.05) is 39.3 Å². The van der Waals surface area contributed by atoms with Gasteiger partial charge in [-0.25, -0.2) is 19.2 Å². The van der Waals surface area contributed by atoms with Crippen LogP contribution in [0.25, 0.3) is 64.6 Å². The van der Waals surface area contributed by atoms with Crippen molar-refractivity contribution in [3.8, 4) is 0 Å². The molecule has 10 atom stereocenters. The van der Waals surface area contributed by atoms with Gasteiger partial charge >= 0.3 is 24.4 Å². The molecule has 14 aromatic carbocycles. The van der Waals surface area contributed by atoms with Crippen LogP contribution in [-0.2, 0) is 119 Å². The highest BCUT2D eigenvalue weighted by molar-refractivity contribution is 6.24. The summed E-state index contributed by atoms with van der Waals surface area (Å²) in [4.78, 5) is 217. The topological polar surface area (TPSA) is 427 Å². The van der Waals surface area contributed by atoms with Crippen LogP contribution in [0.5, 0.6) is 0 Å². The summed E-state index contributed by atoms with van der Waals surface area (Å²) in [6, 6.07) is 73.9. The molecule has 3 heterocycles. The van der Waals surface area contributed by atoms with Crippen LogP contribution in [0.4, 0.5) is 19.2 Å². The van der Waals surface area contributed by atoms with Gasteiger partial charge in [0.2, 0.25) is 59.1 Å². The minimum atomic E-state index is -1.62. The molecule has 3 fully saturated rings. The van der Waals surface area contributed by atoms with Crippen LogP contribution < -0.4 is 63.8 Å². The van der Waals surface area contributed by atoms with Crippen LogP contribution >= 0.6 is 0 Å². The first-order valence-corrected chi connectivity index (χ1v) is 51.4. The van der Waals surface area contributed by atoms with E-state index in [2.05, 4.69) is 63.8 Å². The molecular weight excluding hydrogens is 1900 g/mol. The largest absolute Gasteiger partial charge is 0.445 e. The van der Waals surface area contributed by atoms with E-state index in [0.29, 0.717) is 33.4 Å². The molecule has 772 valence electrons. The molecule has 3 saturated heterocycles. The number of rotatable bonds is 32. The number of fused-ring (bicyclic) bond motifs is 2. The molecule has 0 radical (unpaired) electrons. The van der Waals surface area contributed by atoms with Crippen LogP contribution in [0.1, 0.15) is 122 Å². The summed E-state index contributed by atoms with van der Waals surface area (Å²) in [6.07, 6.45) is -4.31. The van der Waals surface area contributed by atoms with E-state index in [1.165, 1.54) is 9.80 Å². The third-order valence-corrected chi connectivity index (χ3v) is 27.8. The second-order valence-electron chi connectivity index (χ2n) is 38.4. The molecule has 0 spiro atoms. The molecule has 32 nitrogen and oxygen atoms in total. The Kier molecular flexibility index (Phi) is 35.4. The fourth-order valence-corrected chi connectivity index (χ4v) is 20.2. The highest BCUT2D eigenvalue weighted by atomic mass is 16.6. The van der Waals surface area contributed by atoms with E-state index in [1.807, 2.05) is 133 Å². The molecule has 14 amide bonds. The molecule has 3 aliphatic heterocycles. The van der Waals surface area contributed by atoms with E-state index in [-0.39, 0.29) is 168 Å². The van der Waals surface area contributed by atoms with Gasteiger partial charge in [-0.2, -0.15) is 0 Å². The number of ether oxygens (including phenoxy) is 4. The van der Waals surface area contributed by atoms with Gasteiger partial charge in [-0.15, -0.1) is 0 Å². The third-order valence-electron chi connectivity index (χ3n) is 27.8. The predicted octanol–water partition coefficient (Wildman–Crippen LogP) is 13.5. The first kappa shape index (κ1) is 104. The monoisotopic (exact) mass is 2020 g/mol. The minimum Gasteiger partial charge on any atom is -0.445 e. The summed E-state index contributed by atoms with van der Waals surface area (Å²) in [7, 11) is 0. The summed E-state index contributed by atoms with van der Waals surface area (Å²) < 4.78 is 22.3. The average molecular weight is 2020 g/mol. The Bertz CT molecular complexity index is 6570. The third kappa shape index (κ3) is 27.6. The Labute approximate surface area is 867 Å². The fourth-order valence-electron chi connectivity index (χ4n) is 20.2. The zero-order chi connectivity index (χ0) is 104. The van der Waals surface area contributed by atoms with Gasteiger partial charge in [0.05, 0.1) is 0 Å². The minimum absolute atomic E-state index is 0.00126. The second-order valence-corrected chi connectivity index (χ2v) is 38.4. The lowest BCUT2D eigenvalue weighted by Crippen LogP contribution is -2.61. The van der Waals surface area contributed by atoms with Crippen molar-refractivity contribution in [3.05, 3.63) is 336 Å². The molecule has 0 saturated carbocycles. The van der Waals surface area contributed by atoms with Crippen LogP contribution in [0, 0.1) is 0 Å². The van der Waals surface area contributed by atoms with Gasteiger partial charge in [-0.3, -0.25) is 47.9 Å². The first-order chi connectivity index (χ1) is 73.1. The molecule has 0 aromatic heterocycles. The Morgan fingerprint density at radius 1 is 0.240 bits per heavy atom. The first-order valence-electron chi connectivity index (χ1n) is 51.4. The average Bonchev–Trinajstić information content (AvgIpc) is 0.830. The lowest BCUT2D eigenvalue weighted by atomic mass is 9.91. The Morgan fingerprint density at radius 3 is 0.733 bits per heavy atom. The lowest BCUT2D eigenvalue weighted by Gasteiger charge is -2.32. The normalized spacial score (nSPS) is 19.5. The second kappa shape index (κ2) is 50.8. The SMILES string of the molecule is O=C(NCCC[C@@H]1NC(=O)[C@H](Cc2cc3ccc4cccc5ccc(c2)c3c45)NC(=O)[C@H](CCCNC(=O)OCc2ccccc2)NC(=O)[C@H]2CCCN2C(=O)[C@H](Cc2ccccc2)NC(=O)[C@H](CCCNC(=O)OCc2ccccc2)NC(=O)[C@H](Cc2cc3ccc4cccc5ccc(c2)c3c45)NC(=O)[C@H](CCCNC(=O)OCc2ccccc2)NC(=O)[C@H]2CCCN2C(=O)[C@H](Cc2ccccc2)NC1=O)OCc1ccccc1. The molecule has 32 heteroatoms. The number of nitrogens with zero attached hydrogens (tertiary/aromatic N) is 2. The summed E-state index contributed by atoms with van der Waals surface area (Å²) in [5.41, 5.74) is 5.11. The Morgan fingerprint density at radius 2 is 0.460 bits per heavy atom. The standard InChI is InChI=1S/C118H122N14O18/c133-105-93(45-23-59-121-117(145)149-73-79-35-15-5-16-36-79)125-111(139)99-47-25-61-131(99)113(141)97(67-75-27-7-1-8-28-75)129-107(135)91(43-21-57-119-115(143)147-71-77-31-11-3-12-32-77)123-109(137)95(69-81-63-87-53-49-83-39-19-40-84-50-54-88(64-81)103(87)101(83)84)127-106(134)94(46-24-60-122-118(146)150-74-80-37-17-6-18-38-80)126-112(140)100-48-26-62-132(100)114(142)98(68-76-29-9-2-10-30-76)130-108(136)92(44-22-58-120-116(144)148-72-78-33-13-4-14-34-78)124-110(138)96(128-105)70-82-65-89-55-51-85-41-20-42-86-52-56-90(66-82)104(89)102(85)86/h1-20,27-42,49-56,63-66,91-100H,21-26,43-48,57-62,67-74H2,(H,119,143)(H,120,144)(H,121,145)(H,122,146)(H,123,137)(H,124,138)(H,125,139)(H,126,140)(H,127,134)(H,128,133)(H,129,135)(H,130,136)/t91-,92-,93-,94-,95-,96-,97-,98-,99+,100+/m0/s1. The molecule has 14 aromatic rings.